The summed E-state index contributed by atoms with van der Waals surface area (Å²) in [7, 11) is 0. The van der Waals surface area contributed by atoms with Gasteiger partial charge in [-0.3, -0.25) is 4.79 Å². The van der Waals surface area contributed by atoms with Crippen LogP contribution in [0.5, 0.6) is 0 Å². The molecule has 2 rings (SSSR count). The molecule has 0 amide bonds. The molecule has 0 aromatic carbocycles. The van der Waals surface area contributed by atoms with Crippen molar-refractivity contribution < 1.29 is 14.3 Å². The van der Waals surface area contributed by atoms with Crippen LogP contribution < -0.4 is 4.90 Å². The fourth-order valence-electron chi connectivity index (χ4n) is 2.42. The second kappa shape index (κ2) is 5.36. The van der Waals surface area contributed by atoms with Crippen molar-refractivity contribution in [3.63, 3.8) is 0 Å². The third-order valence-corrected chi connectivity index (χ3v) is 3.29. The van der Waals surface area contributed by atoms with Gasteiger partial charge in [-0.25, -0.2) is 0 Å². The van der Waals surface area contributed by atoms with Gasteiger partial charge in [0.15, 0.2) is 17.4 Å². The summed E-state index contributed by atoms with van der Waals surface area (Å²) in [6, 6.07) is 4.04. The van der Waals surface area contributed by atoms with E-state index in [0.29, 0.717) is 11.8 Å². The van der Waals surface area contributed by atoms with Crippen LogP contribution >= 0.6 is 0 Å². The van der Waals surface area contributed by atoms with E-state index in [1.165, 1.54) is 6.92 Å². The smallest absolute Gasteiger partial charge is 0.196 e. The van der Waals surface area contributed by atoms with E-state index in [1.807, 2.05) is 6.07 Å². The van der Waals surface area contributed by atoms with Gasteiger partial charge in [0.1, 0.15) is 0 Å². The van der Waals surface area contributed by atoms with E-state index in [2.05, 4.69) is 4.90 Å². The number of furan rings is 1. The number of aliphatic hydroxyl groups is 1. The van der Waals surface area contributed by atoms with Gasteiger partial charge in [-0.2, -0.15) is 0 Å². The molecule has 1 N–H and O–H groups in total. The van der Waals surface area contributed by atoms with E-state index < -0.39 is 0 Å². The van der Waals surface area contributed by atoms with Crippen LogP contribution in [0, 0.1) is 0 Å². The molecule has 0 radical (unpaired) electrons. The zero-order valence-corrected chi connectivity index (χ0v) is 10.2. The average Bonchev–Trinajstić information content (AvgIpc) is 2.94. The molecule has 4 heteroatoms. The molecule has 4 nitrogen and oxygen atoms in total. The maximum atomic E-state index is 11.2. The van der Waals surface area contributed by atoms with Crippen molar-refractivity contribution >= 4 is 11.7 Å². The van der Waals surface area contributed by atoms with Gasteiger partial charge in [0.05, 0.1) is 0 Å². The highest BCUT2D eigenvalue weighted by atomic mass is 16.4. The van der Waals surface area contributed by atoms with E-state index in [0.717, 1.165) is 38.1 Å². The molecule has 1 aromatic rings. The summed E-state index contributed by atoms with van der Waals surface area (Å²) in [4.78, 5) is 13.4. The summed E-state index contributed by atoms with van der Waals surface area (Å²) >= 11 is 0. The highest BCUT2D eigenvalue weighted by Gasteiger charge is 2.26. The monoisotopic (exact) mass is 237 g/mol. The average molecular weight is 237 g/mol. The number of Topliss-reactive ketones (excluding diaryl/α,β-unsaturated/α-hetero) is 1. The molecule has 2 heterocycles. The standard InChI is InChI=1S/C13H19NO3/c1-10(16)12-6-7-13(17-12)14-8-2-4-11(14)5-3-9-15/h6-7,11,15H,2-5,8-9H2,1H3. The molecule has 1 atom stereocenters. The van der Waals surface area contributed by atoms with Crippen molar-refractivity contribution in [2.45, 2.75) is 38.6 Å². The summed E-state index contributed by atoms with van der Waals surface area (Å²) in [6.45, 7) is 2.72. The molecular formula is C13H19NO3. The van der Waals surface area contributed by atoms with Crippen LogP contribution in [-0.2, 0) is 0 Å². The molecule has 1 aliphatic heterocycles. The van der Waals surface area contributed by atoms with E-state index in [1.54, 1.807) is 6.07 Å². The minimum absolute atomic E-state index is 0.0395. The lowest BCUT2D eigenvalue weighted by molar-refractivity contribution is 0.0987. The molecule has 1 saturated heterocycles. The molecule has 0 bridgehead atoms. The van der Waals surface area contributed by atoms with Crippen molar-refractivity contribution in [1.29, 1.82) is 0 Å². The predicted octanol–water partition coefficient (Wildman–Crippen LogP) is 2.22. The number of carbonyl (C=O) groups is 1. The molecule has 1 aromatic heterocycles. The first-order valence-electron chi connectivity index (χ1n) is 6.20. The number of aliphatic hydroxyl groups excluding tert-OH is 1. The molecule has 1 aliphatic rings. The van der Waals surface area contributed by atoms with Crippen LogP contribution in [0.2, 0.25) is 0 Å². The van der Waals surface area contributed by atoms with Gasteiger partial charge >= 0.3 is 0 Å². The first-order chi connectivity index (χ1) is 8.22. The van der Waals surface area contributed by atoms with Gasteiger partial charge in [-0.1, -0.05) is 0 Å². The van der Waals surface area contributed by atoms with Crippen molar-refractivity contribution in [2.75, 3.05) is 18.1 Å². The van der Waals surface area contributed by atoms with Crippen molar-refractivity contribution in [1.82, 2.24) is 0 Å². The molecule has 0 aliphatic carbocycles. The van der Waals surface area contributed by atoms with Crippen molar-refractivity contribution in [2.24, 2.45) is 0 Å². The Hall–Kier alpha value is -1.29. The number of hydrogen-bond donors (Lipinski definition) is 1. The van der Waals surface area contributed by atoms with Crippen LogP contribution in [0.1, 0.15) is 43.2 Å². The first-order valence-corrected chi connectivity index (χ1v) is 6.20. The lowest BCUT2D eigenvalue weighted by Gasteiger charge is -2.23. The lowest BCUT2D eigenvalue weighted by Crippen LogP contribution is -2.28. The Morgan fingerprint density at radius 3 is 3.06 bits per heavy atom. The van der Waals surface area contributed by atoms with Gasteiger partial charge in [-0.05, 0) is 31.7 Å². The zero-order valence-electron chi connectivity index (χ0n) is 10.2. The van der Waals surface area contributed by atoms with Crippen LogP contribution in [0.3, 0.4) is 0 Å². The minimum Gasteiger partial charge on any atom is -0.437 e. The van der Waals surface area contributed by atoms with E-state index in [4.69, 9.17) is 9.52 Å². The summed E-state index contributed by atoms with van der Waals surface area (Å²) in [6.07, 6.45) is 4.08. The van der Waals surface area contributed by atoms with Crippen molar-refractivity contribution in [3.05, 3.63) is 17.9 Å². The highest BCUT2D eigenvalue weighted by molar-refractivity contribution is 5.91. The normalized spacial score (nSPS) is 19.9. The fourth-order valence-corrected chi connectivity index (χ4v) is 2.42. The van der Waals surface area contributed by atoms with Gasteiger partial charge in [0, 0.05) is 32.2 Å². The Morgan fingerprint density at radius 2 is 2.41 bits per heavy atom. The Balaban J connectivity index is 2.06. The maximum absolute atomic E-state index is 11.2. The third-order valence-electron chi connectivity index (χ3n) is 3.29. The van der Waals surface area contributed by atoms with Gasteiger partial charge < -0.3 is 14.4 Å². The first kappa shape index (κ1) is 12.2. The third kappa shape index (κ3) is 2.69. The van der Waals surface area contributed by atoms with Crippen LogP contribution in [-0.4, -0.2) is 30.1 Å². The van der Waals surface area contributed by atoms with Crippen LogP contribution in [0.15, 0.2) is 16.5 Å². The summed E-state index contributed by atoms with van der Waals surface area (Å²) in [5.74, 6) is 1.17. The molecule has 0 saturated carbocycles. The second-order valence-electron chi connectivity index (χ2n) is 4.55. The topological polar surface area (TPSA) is 53.7 Å². The molecule has 94 valence electrons. The van der Waals surface area contributed by atoms with Gasteiger partial charge in [-0.15, -0.1) is 0 Å². The molecule has 17 heavy (non-hydrogen) atoms. The zero-order chi connectivity index (χ0) is 12.3. The van der Waals surface area contributed by atoms with Crippen LogP contribution in [0.25, 0.3) is 0 Å². The number of hydrogen-bond acceptors (Lipinski definition) is 4. The lowest BCUT2D eigenvalue weighted by atomic mass is 10.1. The molecule has 1 fully saturated rings. The SMILES string of the molecule is CC(=O)c1ccc(N2CCCC2CCCO)o1. The fraction of sp³-hybridized carbons (Fsp3) is 0.615. The van der Waals surface area contributed by atoms with E-state index in [9.17, 15) is 4.79 Å². The van der Waals surface area contributed by atoms with E-state index >= 15 is 0 Å². The number of nitrogens with zero attached hydrogens (tertiary/aromatic N) is 1. The summed E-state index contributed by atoms with van der Waals surface area (Å²) < 4.78 is 5.55. The largest absolute Gasteiger partial charge is 0.437 e. The molecule has 1 unspecified atom stereocenters. The number of ketones is 1. The quantitative estimate of drug-likeness (QED) is 0.798. The number of anilines is 1. The molecule has 0 spiro atoms. The predicted molar refractivity (Wildman–Crippen MR) is 65.4 cm³/mol. The number of rotatable bonds is 5. The summed E-state index contributed by atoms with van der Waals surface area (Å²) in [5.41, 5.74) is 0. The Kier molecular flexibility index (Phi) is 3.84. The minimum atomic E-state index is -0.0395. The molecular weight excluding hydrogens is 218 g/mol. The van der Waals surface area contributed by atoms with Crippen molar-refractivity contribution in [3.8, 4) is 0 Å². The van der Waals surface area contributed by atoms with Gasteiger partial charge in [0.2, 0.25) is 0 Å². The second-order valence-corrected chi connectivity index (χ2v) is 4.55. The highest BCUT2D eigenvalue weighted by Crippen LogP contribution is 2.29. The van der Waals surface area contributed by atoms with Gasteiger partial charge in [0.25, 0.3) is 0 Å². The Morgan fingerprint density at radius 1 is 1.59 bits per heavy atom. The van der Waals surface area contributed by atoms with E-state index in [-0.39, 0.29) is 12.4 Å². The summed E-state index contributed by atoms with van der Waals surface area (Å²) in [5, 5.41) is 8.87. The maximum Gasteiger partial charge on any atom is 0.196 e. The number of carbonyl (C=O) groups excluding carboxylic acids is 1. The van der Waals surface area contributed by atoms with Crippen LogP contribution in [0.4, 0.5) is 5.88 Å². The Labute approximate surface area is 101 Å². The Bertz CT molecular complexity index is 386.